The van der Waals surface area contributed by atoms with Gasteiger partial charge in [0.25, 0.3) is 0 Å². The lowest BCUT2D eigenvalue weighted by molar-refractivity contribution is 0.0675. The van der Waals surface area contributed by atoms with E-state index in [1.54, 1.807) is 32.4 Å². The lowest BCUT2D eigenvalue weighted by Crippen LogP contribution is -2.42. The number of carbonyl (C=O) groups excluding carboxylic acids is 1. The predicted octanol–water partition coefficient (Wildman–Crippen LogP) is 1.26. The highest BCUT2D eigenvalue weighted by atomic mass is 16.5. The molecule has 0 radical (unpaired) electrons. The maximum absolute atomic E-state index is 12.3. The van der Waals surface area contributed by atoms with Gasteiger partial charge in [0.1, 0.15) is 11.5 Å². The number of ketones is 1. The maximum atomic E-state index is 12.3. The quantitative estimate of drug-likeness (QED) is 0.812. The van der Waals surface area contributed by atoms with Gasteiger partial charge in [-0.2, -0.15) is 0 Å². The molecular weight excluding hydrogens is 246 g/mol. The van der Waals surface area contributed by atoms with E-state index in [1.165, 1.54) is 0 Å². The van der Waals surface area contributed by atoms with Crippen molar-refractivity contribution in [2.24, 2.45) is 0 Å². The zero-order valence-electron chi connectivity index (χ0n) is 11.3. The fourth-order valence-corrected chi connectivity index (χ4v) is 2.11. The molecule has 5 heteroatoms. The smallest absolute Gasteiger partial charge is 0.168 e. The number of carbonyl (C=O) groups is 1. The third-order valence-electron chi connectivity index (χ3n) is 3.14. The van der Waals surface area contributed by atoms with E-state index in [-0.39, 0.29) is 11.8 Å². The first kappa shape index (κ1) is 13.8. The molecule has 0 aliphatic carbocycles. The Morgan fingerprint density at radius 1 is 1.42 bits per heavy atom. The van der Waals surface area contributed by atoms with E-state index >= 15 is 0 Å². The summed E-state index contributed by atoms with van der Waals surface area (Å²) in [6.45, 7) is 2.07. The molecule has 1 atom stereocenters. The highest BCUT2D eigenvalue weighted by molar-refractivity contribution is 5.99. The van der Waals surface area contributed by atoms with E-state index in [4.69, 9.17) is 14.2 Å². The van der Waals surface area contributed by atoms with Crippen LogP contribution in [0.15, 0.2) is 18.2 Å². The number of ether oxygens (including phenoxy) is 3. The van der Waals surface area contributed by atoms with Crippen LogP contribution in [0.25, 0.3) is 0 Å². The van der Waals surface area contributed by atoms with Crippen LogP contribution < -0.4 is 14.8 Å². The second kappa shape index (κ2) is 6.54. The van der Waals surface area contributed by atoms with Crippen molar-refractivity contribution in [3.8, 4) is 11.5 Å². The minimum absolute atomic E-state index is 0.0440. The molecule has 104 valence electrons. The summed E-state index contributed by atoms with van der Waals surface area (Å²) in [5.41, 5.74) is 0.579. The van der Waals surface area contributed by atoms with E-state index in [2.05, 4.69) is 5.32 Å². The Balaban J connectivity index is 2.09. The van der Waals surface area contributed by atoms with Gasteiger partial charge in [-0.15, -0.1) is 0 Å². The number of nitrogens with one attached hydrogen (secondary N) is 1. The summed E-state index contributed by atoms with van der Waals surface area (Å²) >= 11 is 0. The highest BCUT2D eigenvalue weighted by Gasteiger charge is 2.20. The van der Waals surface area contributed by atoms with Crippen LogP contribution in [0.2, 0.25) is 0 Å². The Labute approximate surface area is 112 Å². The minimum Gasteiger partial charge on any atom is -0.497 e. The van der Waals surface area contributed by atoms with Crippen LogP contribution in [0.5, 0.6) is 11.5 Å². The van der Waals surface area contributed by atoms with Crippen LogP contribution in [0.3, 0.4) is 0 Å². The van der Waals surface area contributed by atoms with Gasteiger partial charge in [0, 0.05) is 25.1 Å². The highest BCUT2D eigenvalue weighted by Crippen LogP contribution is 2.26. The van der Waals surface area contributed by atoms with E-state index < -0.39 is 0 Å². The molecule has 0 spiro atoms. The van der Waals surface area contributed by atoms with Crippen molar-refractivity contribution in [1.82, 2.24) is 5.32 Å². The topological polar surface area (TPSA) is 56.8 Å². The Morgan fingerprint density at radius 3 is 2.89 bits per heavy atom. The lowest BCUT2D eigenvalue weighted by atomic mass is 10.0. The van der Waals surface area contributed by atoms with E-state index in [9.17, 15) is 4.79 Å². The van der Waals surface area contributed by atoms with Crippen LogP contribution in [-0.2, 0) is 4.74 Å². The van der Waals surface area contributed by atoms with Gasteiger partial charge in [-0.3, -0.25) is 4.79 Å². The summed E-state index contributed by atoms with van der Waals surface area (Å²) in [5, 5.41) is 3.27. The Hall–Kier alpha value is -1.59. The standard InChI is InChI=1S/C14H19NO4/c1-17-11-3-4-12(14(8-11)18-2)13(16)7-10-9-19-6-5-15-10/h3-4,8,10,15H,5-7,9H2,1-2H3. The third kappa shape index (κ3) is 3.45. The molecular formula is C14H19NO4. The summed E-state index contributed by atoms with van der Waals surface area (Å²) in [4.78, 5) is 12.3. The molecule has 1 aliphatic rings. The van der Waals surface area contributed by atoms with Crippen molar-refractivity contribution in [2.45, 2.75) is 12.5 Å². The Kier molecular flexibility index (Phi) is 4.76. The van der Waals surface area contributed by atoms with Gasteiger partial charge >= 0.3 is 0 Å². The number of hydrogen-bond donors (Lipinski definition) is 1. The molecule has 1 aromatic carbocycles. The summed E-state index contributed by atoms with van der Waals surface area (Å²) in [6.07, 6.45) is 0.405. The number of morpholine rings is 1. The molecule has 1 unspecified atom stereocenters. The summed E-state index contributed by atoms with van der Waals surface area (Å²) < 4.78 is 15.7. The van der Waals surface area contributed by atoms with Crippen LogP contribution in [0.1, 0.15) is 16.8 Å². The number of hydrogen-bond acceptors (Lipinski definition) is 5. The molecule has 0 aromatic heterocycles. The normalized spacial score (nSPS) is 18.9. The zero-order chi connectivity index (χ0) is 13.7. The molecule has 1 aromatic rings. The molecule has 2 rings (SSSR count). The molecule has 1 saturated heterocycles. The van der Waals surface area contributed by atoms with Crippen LogP contribution in [0.4, 0.5) is 0 Å². The van der Waals surface area contributed by atoms with Gasteiger partial charge in [0.05, 0.1) is 33.0 Å². The molecule has 0 bridgehead atoms. The summed E-state index contributed by atoms with van der Waals surface area (Å²) in [7, 11) is 3.13. The first-order chi connectivity index (χ1) is 9.24. The van der Waals surface area contributed by atoms with Crippen molar-refractivity contribution in [2.75, 3.05) is 34.0 Å². The fraction of sp³-hybridized carbons (Fsp3) is 0.500. The monoisotopic (exact) mass is 265 g/mol. The van der Waals surface area contributed by atoms with Gasteiger partial charge in [-0.05, 0) is 12.1 Å². The van der Waals surface area contributed by atoms with Crippen molar-refractivity contribution >= 4 is 5.78 Å². The Morgan fingerprint density at radius 2 is 2.26 bits per heavy atom. The second-order valence-corrected chi connectivity index (χ2v) is 4.42. The molecule has 5 nitrogen and oxygen atoms in total. The van der Waals surface area contributed by atoms with E-state index in [1.807, 2.05) is 0 Å². The fourth-order valence-electron chi connectivity index (χ4n) is 2.11. The Bertz CT molecular complexity index is 441. The molecule has 1 fully saturated rings. The van der Waals surface area contributed by atoms with Gasteiger partial charge in [0.2, 0.25) is 0 Å². The van der Waals surface area contributed by atoms with Gasteiger partial charge in [0.15, 0.2) is 5.78 Å². The van der Waals surface area contributed by atoms with Gasteiger partial charge in [-0.1, -0.05) is 0 Å². The number of methoxy groups -OCH3 is 2. The van der Waals surface area contributed by atoms with Crippen LogP contribution in [0, 0.1) is 0 Å². The average Bonchev–Trinajstić information content (AvgIpc) is 2.47. The van der Waals surface area contributed by atoms with Crippen molar-refractivity contribution in [3.63, 3.8) is 0 Å². The molecule has 19 heavy (non-hydrogen) atoms. The maximum Gasteiger partial charge on any atom is 0.168 e. The average molecular weight is 265 g/mol. The van der Waals surface area contributed by atoms with E-state index in [0.717, 1.165) is 6.54 Å². The minimum atomic E-state index is 0.0440. The molecule has 1 aliphatic heterocycles. The van der Waals surface area contributed by atoms with Crippen molar-refractivity contribution < 1.29 is 19.0 Å². The molecule has 1 N–H and O–H groups in total. The second-order valence-electron chi connectivity index (χ2n) is 4.42. The summed E-state index contributed by atoms with van der Waals surface area (Å²) in [6, 6.07) is 5.30. The lowest BCUT2D eigenvalue weighted by Gasteiger charge is -2.23. The number of Topliss-reactive ketones (excluding diaryl/α,β-unsaturated/α-hetero) is 1. The number of benzene rings is 1. The van der Waals surface area contributed by atoms with Gasteiger partial charge < -0.3 is 19.5 Å². The zero-order valence-corrected chi connectivity index (χ0v) is 11.3. The van der Waals surface area contributed by atoms with E-state index in [0.29, 0.717) is 36.7 Å². The van der Waals surface area contributed by atoms with Gasteiger partial charge in [-0.25, -0.2) is 0 Å². The number of rotatable bonds is 5. The summed E-state index contributed by atoms with van der Waals surface area (Å²) in [5.74, 6) is 1.26. The first-order valence-corrected chi connectivity index (χ1v) is 6.31. The largest absolute Gasteiger partial charge is 0.497 e. The SMILES string of the molecule is COc1ccc(C(=O)CC2COCCN2)c(OC)c1. The van der Waals surface area contributed by atoms with Crippen molar-refractivity contribution in [1.29, 1.82) is 0 Å². The predicted molar refractivity (Wildman–Crippen MR) is 71.1 cm³/mol. The van der Waals surface area contributed by atoms with Crippen molar-refractivity contribution in [3.05, 3.63) is 23.8 Å². The van der Waals surface area contributed by atoms with Crippen LogP contribution in [-0.4, -0.2) is 45.8 Å². The molecule has 0 saturated carbocycles. The van der Waals surface area contributed by atoms with Crippen LogP contribution >= 0.6 is 0 Å². The first-order valence-electron chi connectivity index (χ1n) is 6.31. The molecule has 1 heterocycles. The third-order valence-corrected chi connectivity index (χ3v) is 3.14. The molecule has 0 amide bonds.